The van der Waals surface area contributed by atoms with Gasteiger partial charge in [-0.3, -0.25) is 4.79 Å². The molecule has 0 saturated carbocycles. The highest BCUT2D eigenvalue weighted by molar-refractivity contribution is 7.90. The quantitative estimate of drug-likeness (QED) is 0.701. The largest absolute Gasteiger partial charge is 0.333 e. The van der Waals surface area contributed by atoms with Crippen molar-refractivity contribution >= 4 is 37.3 Å². The lowest BCUT2D eigenvalue weighted by molar-refractivity contribution is 0.0742. The predicted molar refractivity (Wildman–Crippen MR) is 99.7 cm³/mol. The molecule has 0 aliphatic rings. The van der Waals surface area contributed by atoms with Gasteiger partial charge in [-0.25, -0.2) is 13.4 Å². The van der Waals surface area contributed by atoms with Gasteiger partial charge in [-0.2, -0.15) is 0 Å². The van der Waals surface area contributed by atoms with Gasteiger partial charge >= 0.3 is 0 Å². The van der Waals surface area contributed by atoms with Gasteiger partial charge in [0.1, 0.15) is 5.01 Å². The van der Waals surface area contributed by atoms with Crippen molar-refractivity contribution in [1.82, 2.24) is 9.88 Å². The van der Waals surface area contributed by atoms with Crippen LogP contribution >= 0.6 is 11.3 Å². The van der Waals surface area contributed by atoms with Crippen LogP contribution in [0.5, 0.6) is 0 Å². The Morgan fingerprint density at radius 2 is 1.88 bits per heavy atom. The Bertz CT molecular complexity index is 1010. The lowest BCUT2D eigenvalue weighted by atomic mass is 10.2. The van der Waals surface area contributed by atoms with Crippen LogP contribution in [0.1, 0.15) is 28.3 Å². The molecule has 5 nitrogen and oxygen atoms in total. The monoisotopic (exact) mass is 374 g/mol. The summed E-state index contributed by atoms with van der Waals surface area (Å²) in [7, 11) is -1.65. The van der Waals surface area contributed by atoms with Crippen molar-refractivity contribution < 1.29 is 13.2 Å². The van der Waals surface area contributed by atoms with E-state index in [9.17, 15) is 13.2 Å². The number of thiazole rings is 1. The van der Waals surface area contributed by atoms with Gasteiger partial charge in [-0.05, 0) is 37.3 Å². The maximum absolute atomic E-state index is 12.8. The Morgan fingerprint density at radius 1 is 1.16 bits per heavy atom. The lowest BCUT2D eigenvalue weighted by Gasteiger charge is -2.23. The first kappa shape index (κ1) is 17.6. The molecular weight excluding hydrogens is 356 g/mol. The topological polar surface area (TPSA) is 67.3 Å². The highest BCUT2D eigenvalue weighted by Crippen LogP contribution is 2.29. The molecule has 1 heterocycles. The third-order valence-electron chi connectivity index (χ3n) is 4.08. The first-order valence-corrected chi connectivity index (χ1v) is 10.4. The second-order valence-corrected chi connectivity index (χ2v) is 8.99. The zero-order valence-corrected chi connectivity index (χ0v) is 15.8. The molecule has 1 aromatic heterocycles. The number of hydrogen-bond acceptors (Lipinski definition) is 5. The van der Waals surface area contributed by atoms with E-state index in [1.807, 2.05) is 31.2 Å². The molecule has 3 rings (SSSR count). The number of nitrogens with zero attached hydrogens (tertiary/aromatic N) is 2. The molecule has 0 unspecified atom stereocenters. The van der Waals surface area contributed by atoms with Crippen LogP contribution in [-0.2, 0) is 9.84 Å². The average Bonchev–Trinajstić information content (AvgIpc) is 3.03. The van der Waals surface area contributed by atoms with Gasteiger partial charge in [-0.15, -0.1) is 11.3 Å². The van der Waals surface area contributed by atoms with Gasteiger partial charge in [0.25, 0.3) is 5.91 Å². The first-order valence-electron chi connectivity index (χ1n) is 7.70. The van der Waals surface area contributed by atoms with E-state index in [1.165, 1.54) is 12.1 Å². The van der Waals surface area contributed by atoms with Crippen LogP contribution in [0, 0.1) is 0 Å². The number of para-hydroxylation sites is 1. The van der Waals surface area contributed by atoms with Crippen molar-refractivity contribution in [2.75, 3.05) is 13.3 Å². The summed E-state index contributed by atoms with van der Waals surface area (Å²) in [5.41, 5.74) is 1.26. The van der Waals surface area contributed by atoms with Crippen LogP contribution in [0.4, 0.5) is 0 Å². The molecule has 0 aliphatic heterocycles. The number of carbonyl (C=O) groups is 1. The fourth-order valence-electron chi connectivity index (χ4n) is 2.47. The molecule has 1 amide bonds. The maximum atomic E-state index is 12.8. The zero-order chi connectivity index (χ0) is 18.2. The second kappa shape index (κ2) is 6.57. The van der Waals surface area contributed by atoms with Crippen molar-refractivity contribution in [2.45, 2.75) is 17.9 Å². The van der Waals surface area contributed by atoms with Crippen LogP contribution in [0.2, 0.25) is 0 Å². The number of sulfone groups is 1. The molecule has 0 radical (unpaired) electrons. The molecule has 0 N–H and O–H groups in total. The Kier molecular flexibility index (Phi) is 4.62. The van der Waals surface area contributed by atoms with Crippen molar-refractivity contribution in [3.05, 3.63) is 59.1 Å². The summed E-state index contributed by atoms with van der Waals surface area (Å²) in [5, 5.41) is 0.844. The summed E-state index contributed by atoms with van der Waals surface area (Å²) < 4.78 is 24.5. The van der Waals surface area contributed by atoms with Crippen LogP contribution in [0.3, 0.4) is 0 Å². The van der Waals surface area contributed by atoms with Gasteiger partial charge < -0.3 is 4.90 Å². The van der Waals surface area contributed by atoms with Gasteiger partial charge in [0, 0.05) is 18.9 Å². The Morgan fingerprint density at radius 3 is 2.56 bits per heavy atom. The molecule has 130 valence electrons. The van der Waals surface area contributed by atoms with Gasteiger partial charge in [0.05, 0.1) is 21.2 Å². The number of benzene rings is 2. The average molecular weight is 374 g/mol. The van der Waals surface area contributed by atoms with E-state index >= 15 is 0 Å². The van der Waals surface area contributed by atoms with Gasteiger partial charge in [0.2, 0.25) is 0 Å². The van der Waals surface area contributed by atoms with Crippen molar-refractivity contribution in [3.63, 3.8) is 0 Å². The lowest BCUT2D eigenvalue weighted by Crippen LogP contribution is -2.29. The van der Waals surface area contributed by atoms with Crippen LogP contribution in [0.15, 0.2) is 53.4 Å². The molecule has 0 bridgehead atoms. The summed E-state index contributed by atoms with van der Waals surface area (Å²) in [6.07, 6.45) is 1.13. The molecule has 7 heteroatoms. The molecule has 0 aliphatic carbocycles. The first-order chi connectivity index (χ1) is 11.8. The number of hydrogen-bond donors (Lipinski definition) is 0. The van der Waals surface area contributed by atoms with Crippen molar-refractivity contribution in [2.24, 2.45) is 0 Å². The minimum atomic E-state index is -3.36. The van der Waals surface area contributed by atoms with Gasteiger partial charge in [0.15, 0.2) is 9.84 Å². The Labute approximate surface area is 150 Å². The zero-order valence-electron chi connectivity index (χ0n) is 14.1. The third-order valence-corrected chi connectivity index (χ3v) is 6.40. The molecule has 0 spiro atoms. The van der Waals surface area contributed by atoms with Crippen molar-refractivity contribution in [3.8, 4) is 0 Å². The number of amides is 1. The van der Waals surface area contributed by atoms with E-state index in [2.05, 4.69) is 4.98 Å². The predicted octanol–water partition coefficient (Wildman–Crippen LogP) is 3.53. The van der Waals surface area contributed by atoms with E-state index in [0.29, 0.717) is 5.56 Å². The van der Waals surface area contributed by atoms with Crippen molar-refractivity contribution in [1.29, 1.82) is 0 Å². The SMILES string of the molecule is C[C@H](c1nc2ccccc2s1)N(C)C(=O)c1cccc(S(C)(=O)=O)c1. The van der Waals surface area contributed by atoms with Crippen LogP contribution < -0.4 is 0 Å². The Balaban J connectivity index is 1.89. The summed E-state index contributed by atoms with van der Waals surface area (Å²) in [6.45, 7) is 1.91. The highest BCUT2D eigenvalue weighted by atomic mass is 32.2. The number of aromatic nitrogens is 1. The smallest absolute Gasteiger partial charge is 0.254 e. The Hall–Kier alpha value is -2.25. The normalized spacial score (nSPS) is 12.9. The van der Waals surface area contributed by atoms with E-state index in [4.69, 9.17) is 0 Å². The van der Waals surface area contributed by atoms with Crippen LogP contribution in [-0.4, -0.2) is 37.5 Å². The fraction of sp³-hybridized carbons (Fsp3) is 0.222. The van der Waals surface area contributed by atoms with Gasteiger partial charge in [-0.1, -0.05) is 18.2 Å². The molecule has 1 atom stereocenters. The summed E-state index contributed by atoms with van der Waals surface area (Å²) in [6, 6.07) is 13.7. The fourth-order valence-corrected chi connectivity index (χ4v) is 4.20. The van der Waals surface area contributed by atoms with E-state index in [1.54, 1.807) is 35.4 Å². The number of fused-ring (bicyclic) bond motifs is 1. The third kappa shape index (κ3) is 3.57. The molecular formula is C18H18N2O3S2. The summed E-state index contributed by atoms with van der Waals surface area (Å²) in [5.74, 6) is -0.239. The number of carbonyl (C=O) groups excluding carboxylic acids is 1. The molecule has 0 saturated heterocycles. The minimum Gasteiger partial charge on any atom is -0.333 e. The van der Waals surface area contributed by atoms with Crippen LogP contribution in [0.25, 0.3) is 10.2 Å². The summed E-state index contributed by atoms with van der Waals surface area (Å²) >= 11 is 1.55. The van der Waals surface area contributed by atoms with E-state index < -0.39 is 9.84 Å². The minimum absolute atomic E-state index is 0.138. The molecule has 0 fully saturated rings. The standard InChI is InChI=1S/C18H18N2O3S2/c1-12(17-19-15-9-4-5-10-16(15)24-17)20(2)18(21)13-7-6-8-14(11-13)25(3,22)23/h4-12H,1-3H3/t12-/m1/s1. The molecule has 2 aromatic carbocycles. The maximum Gasteiger partial charge on any atom is 0.254 e. The van der Waals surface area contributed by atoms with E-state index in [-0.39, 0.29) is 16.8 Å². The molecule has 25 heavy (non-hydrogen) atoms. The summed E-state index contributed by atoms with van der Waals surface area (Å²) in [4.78, 5) is 19.1. The highest BCUT2D eigenvalue weighted by Gasteiger charge is 2.22. The number of rotatable bonds is 4. The molecule has 3 aromatic rings. The second-order valence-electron chi connectivity index (χ2n) is 5.91. The van der Waals surface area contributed by atoms with E-state index in [0.717, 1.165) is 21.5 Å².